The molecule has 1 heterocycles. The molecule has 0 bridgehead atoms. The summed E-state index contributed by atoms with van der Waals surface area (Å²) in [7, 11) is 3.81. The number of ether oxygens (including phenoxy) is 1. The molecule has 1 aliphatic heterocycles. The van der Waals surface area contributed by atoms with Gasteiger partial charge in [0.1, 0.15) is 5.75 Å². The summed E-state index contributed by atoms with van der Waals surface area (Å²) in [4.78, 5) is 2.33. The molecule has 1 aromatic carbocycles. The summed E-state index contributed by atoms with van der Waals surface area (Å²) >= 11 is 0. The molecule has 1 aromatic rings. The van der Waals surface area contributed by atoms with Crippen LogP contribution in [0.25, 0.3) is 0 Å². The molecule has 4 heteroatoms. The van der Waals surface area contributed by atoms with Gasteiger partial charge in [-0.3, -0.25) is 0 Å². The maximum absolute atomic E-state index is 9.81. The monoisotopic (exact) mass is 264 g/mol. The van der Waals surface area contributed by atoms with E-state index in [4.69, 9.17) is 4.74 Å². The molecule has 1 unspecified atom stereocenters. The molecule has 0 spiro atoms. The second kappa shape index (κ2) is 6.26. The van der Waals surface area contributed by atoms with E-state index in [9.17, 15) is 5.11 Å². The highest BCUT2D eigenvalue weighted by molar-refractivity contribution is 5.48. The first-order valence-corrected chi connectivity index (χ1v) is 6.89. The lowest BCUT2D eigenvalue weighted by atomic mass is 9.91. The quantitative estimate of drug-likeness (QED) is 0.872. The second-order valence-corrected chi connectivity index (χ2v) is 5.45. The van der Waals surface area contributed by atoms with E-state index in [1.54, 1.807) is 7.11 Å². The van der Waals surface area contributed by atoms with Crippen molar-refractivity contribution in [2.24, 2.45) is 0 Å². The molecule has 0 saturated carbocycles. The number of benzene rings is 1. The summed E-state index contributed by atoms with van der Waals surface area (Å²) in [6.45, 7) is 2.29. The number of hydrogen-bond acceptors (Lipinski definition) is 4. The third-order valence-corrected chi connectivity index (χ3v) is 3.97. The summed E-state index contributed by atoms with van der Waals surface area (Å²) in [6.07, 6.45) is 3.08. The van der Waals surface area contributed by atoms with Crippen molar-refractivity contribution in [3.63, 3.8) is 0 Å². The second-order valence-electron chi connectivity index (χ2n) is 5.45. The number of nitrogens with zero attached hydrogens (tertiary/aromatic N) is 1. The lowest BCUT2D eigenvalue weighted by molar-refractivity contribution is 0.195. The van der Waals surface area contributed by atoms with Crippen molar-refractivity contribution in [1.29, 1.82) is 0 Å². The Morgan fingerprint density at radius 3 is 2.63 bits per heavy atom. The van der Waals surface area contributed by atoms with Gasteiger partial charge in [-0.1, -0.05) is 0 Å². The lowest BCUT2D eigenvalue weighted by Crippen LogP contribution is -2.42. The van der Waals surface area contributed by atoms with Crippen LogP contribution < -0.4 is 10.1 Å². The smallest absolute Gasteiger partial charge is 0.119 e. The van der Waals surface area contributed by atoms with E-state index in [2.05, 4.69) is 17.3 Å². The molecule has 0 radical (unpaired) electrons. The number of aliphatic hydroxyl groups excluding tert-OH is 1. The van der Waals surface area contributed by atoms with Gasteiger partial charge in [-0.25, -0.2) is 0 Å². The maximum Gasteiger partial charge on any atom is 0.119 e. The molecule has 106 valence electrons. The molecule has 1 aliphatic rings. The Morgan fingerprint density at radius 2 is 2.00 bits per heavy atom. The molecule has 19 heavy (non-hydrogen) atoms. The van der Waals surface area contributed by atoms with Crippen molar-refractivity contribution in [1.82, 2.24) is 4.90 Å². The molecule has 1 saturated heterocycles. The van der Waals surface area contributed by atoms with E-state index in [0.29, 0.717) is 0 Å². The van der Waals surface area contributed by atoms with Crippen LogP contribution in [0.15, 0.2) is 24.3 Å². The highest BCUT2D eigenvalue weighted by atomic mass is 16.5. The van der Waals surface area contributed by atoms with Crippen molar-refractivity contribution in [3.05, 3.63) is 24.3 Å². The third-order valence-electron chi connectivity index (χ3n) is 3.97. The third kappa shape index (κ3) is 3.61. The first-order chi connectivity index (χ1) is 9.17. The minimum absolute atomic E-state index is 0.173. The topological polar surface area (TPSA) is 44.7 Å². The van der Waals surface area contributed by atoms with Crippen LogP contribution in [0.1, 0.15) is 19.3 Å². The van der Waals surface area contributed by atoms with Crippen molar-refractivity contribution in [2.45, 2.75) is 24.8 Å². The first-order valence-electron chi connectivity index (χ1n) is 6.89. The molecule has 1 atom stereocenters. The Hall–Kier alpha value is -1.26. The Kier molecular flexibility index (Phi) is 4.66. The number of methoxy groups -OCH3 is 1. The van der Waals surface area contributed by atoms with Gasteiger partial charge in [0.2, 0.25) is 0 Å². The number of likely N-dealkylation sites (tertiary alicyclic amines) is 1. The van der Waals surface area contributed by atoms with Gasteiger partial charge in [0.05, 0.1) is 19.3 Å². The van der Waals surface area contributed by atoms with E-state index in [-0.39, 0.29) is 12.1 Å². The average molecular weight is 264 g/mol. The van der Waals surface area contributed by atoms with Crippen molar-refractivity contribution < 1.29 is 9.84 Å². The predicted octanol–water partition coefficient (Wildman–Crippen LogP) is 1.95. The Balaban J connectivity index is 2.08. The lowest BCUT2D eigenvalue weighted by Gasteiger charge is -2.33. The van der Waals surface area contributed by atoms with Crippen LogP contribution >= 0.6 is 0 Å². The Labute approximate surface area is 115 Å². The highest BCUT2D eigenvalue weighted by Gasteiger charge is 2.31. The number of hydrogen-bond donors (Lipinski definition) is 2. The van der Waals surface area contributed by atoms with Crippen LogP contribution in [0, 0.1) is 0 Å². The summed E-state index contributed by atoms with van der Waals surface area (Å²) in [6, 6.07) is 7.89. The Morgan fingerprint density at radius 1 is 1.26 bits per heavy atom. The normalized spacial score (nSPS) is 24.8. The summed E-state index contributed by atoms with van der Waals surface area (Å²) in [5.74, 6) is 0.851. The zero-order chi connectivity index (χ0) is 13.7. The van der Waals surface area contributed by atoms with Gasteiger partial charge in [-0.15, -0.1) is 0 Å². The highest BCUT2D eigenvalue weighted by Crippen LogP contribution is 2.27. The zero-order valence-corrected chi connectivity index (χ0v) is 11.9. The molecule has 0 aliphatic carbocycles. The van der Waals surface area contributed by atoms with Gasteiger partial charge in [0, 0.05) is 12.2 Å². The molecule has 0 amide bonds. The molecule has 0 aromatic heterocycles. The number of aliphatic hydroxyl groups is 1. The molecule has 4 nitrogen and oxygen atoms in total. The fourth-order valence-electron chi connectivity index (χ4n) is 2.63. The van der Waals surface area contributed by atoms with Crippen LogP contribution in [-0.4, -0.2) is 49.4 Å². The number of rotatable bonds is 4. The molecular weight excluding hydrogens is 240 g/mol. The Bertz CT molecular complexity index is 394. The largest absolute Gasteiger partial charge is 0.497 e. The van der Waals surface area contributed by atoms with Gasteiger partial charge in [0.25, 0.3) is 0 Å². The molecule has 2 rings (SSSR count). The van der Waals surface area contributed by atoms with Crippen molar-refractivity contribution in [2.75, 3.05) is 39.2 Å². The van der Waals surface area contributed by atoms with Crippen LogP contribution in [0.4, 0.5) is 5.69 Å². The maximum atomic E-state index is 9.81. The van der Waals surface area contributed by atoms with E-state index in [0.717, 1.165) is 43.8 Å². The van der Waals surface area contributed by atoms with E-state index < -0.39 is 0 Å². The van der Waals surface area contributed by atoms with Crippen LogP contribution in [0.2, 0.25) is 0 Å². The van der Waals surface area contributed by atoms with Gasteiger partial charge in [0.15, 0.2) is 0 Å². The fourth-order valence-corrected chi connectivity index (χ4v) is 2.63. The zero-order valence-electron chi connectivity index (χ0n) is 11.9. The predicted molar refractivity (Wildman–Crippen MR) is 77.8 cm³/mol. The van der Waals surface area contributed by atoms with Gasteiger partial charge >= 0.3 is 0 Å². The minimum atomic E-state index is -0.195. The molecular formula is C15H24N2O2. The summed E-state index contributed by atoms with van der Waals surface area (Å²) < 4.78 is 5.16. The summed E-state index contributed by atoms with van der Waals surface area (Å²) in [5, 5.41) is 13.3. The van der Waals surface area contributed by atoms with E-state index in [1.165, 1.54) is 0 Å². The van der Waals surface area contributed by atoms with Gasteiger partial charge < -0.3 is 20.1 Å². The number of anilines is 1. The number of nitrogens with one attached hydrogen (secondary N) is 1. The van der Waals surface area contributed by atoms with Crippen molar-refractivity contribution >= 4 is 5.69 Å². The van der Waals surface area contributed by atoms with Crippen LogP contribution in [-0.2, 0) is 0 Å². The van der Waals surface area contributed by atoms with Gasteiger partial charge in [-0.2, -0.15) is 0 Å². The van der Waals surface area contributed by atoms with Crippen molar-refractivity contribution in [3.8, 4) is 5.75 Å². The SMILES string of the molecule is COc1ccc(NC2(CO)CCCN(C)CC2)cc1. The van der Waals surface area contributed by atoms with Crippen LogP contribution in [0.5, 0.6) is 5.75 Å². The molecule has 1 fully saturated rings. The average Bonchev–Trinajstić information content (AvgIpc) is 2.63. The van der Waals surface area contributed by atoms with Gasteiger partial charge in [-0.05, 0) is 57.1 Å². The summed E-state index contributed by atoms with van der Waals surface area (Å²) in [5.41, 5.74) is 0.846. The molecule has 2 N–H and O–H groups in total. The minimum Gasteiger partial charge on any atom is -0.497 e. The first kappa shape index (κ1) is 14.2. The van der Waals surface area contributed by atoms with E-state index in [1.807, 2.05) is 24.3 Å². The standard InChI is InChI=1S/C15H24N2O2/c1-17-10-3-8-15(12-18,9-11-17)16-13-4-6-14(19-2)7-5-13/h4-7,16,18H,3,8-12H2,1-2H3. The van der Waals surface area contributed by atoms with E-state index >= 15 is 0 Å². The van der Waals surface area contributed by atoms with Crippen LogP contribution in [0.3, 0.4) is 0 Å². The fraction of sp³-hybridized carbons (Fsp3) is 0.600.